The molecule has 2 N–H and O–H groups in total. The van der Waals surface area contributed by atoms with E-state index in [1.165, 1.54) is 27.6 Å². The second kappa shape index (κ2) is 4.04. The summed E-state index contributed by atoms with van der Waals surface area (Å²) < 4.78 is 0. The number of aliphatic hydroxyl groups excluding tert-OH is 2. The number of hydrogen-bond acceptors (Lipinski definition) is 2. The Morgan fingerprint density at radius 1 is 0.542 bits per heavy atom. The van der Waals surface area contributed by atoms with Crippen LogP contribution >= 0.6 is 0 Å². The van der Waals surface area contributed by atoms with Gasteiger partial charge in [0.05, 0.1) is 0 Å². The molecule has 0 saturated heterocycles. The van der Waals surface area contributed by atoms with Crippen LogP contribution in [0, 0.1) is 0 Å². The van der Waals surface area contributed by atoms with Gasteiger partial charge in [0, 0.05) is 0 Å². The van der Waals surface area contributed by atoms with E-state index in [4.69, 9.17) is 0 Å². The van der Waals surface area contributed by atoms with Crippen molar-refractivity contribution >= 4 is 21.5 Å². The van der Waals surface area contributed by atoms with Gasteiger partial charge in [-0.15, -0.1) is 0 Å². The van der Waals surface area contributed by atoms with Gasteiger partial charge in [-0.1, -0.05) is 54.6 Å². The molecule has 0 unspecified atom stereocenters. The lowest BCUT2D eigenvalue weighted by Gasteiger charge is -2.28. The molecule has 24 heavy (non-hydrogen) atoms. The maximum Gasteiger partial charge on any atom is 0.110 e. The van der Waals surface area contributed by atoms with Crippen LogP contribution in [0.2, 0.25) is 0 Å². The van der Waals surface area contributed by atoms with E-state index in [-0.39, 0.29) is 0 Å². The highest BCUT2D eigenvalue weighted by atomic mass is 16.3. The summed E-state index contributed by atoms with van der Waals surface area (Å²) in [6.45, 7) is 0. The van der Waals surface area contributed by atoms with Gasteiger partial charge in [0.1, 0.15) is 12.2 Å². The fourth-order valence-electron chi connectivity index (χ4n) is 4.62. The molecule has 4 aromatic carbocycles. The molecule has 2 aliphatic carbocycles. The van der Waals surface area contributed by atoms with Crippen LogP contribution in [0.15, 0.2) is 60.7 Å². The normalized spacial score (nSPS) is 20.1. The second-order valence-electron chi connectivity index (χ2n) is 6.76. The zero-order valence-corrected chi connectivity index (χ0v) is 12.8. The Morgan fingerprint density at radius 3 is 2.04 bits per heavy atom. The number of aliphatic hydroxyl groups is 2. The third kappa shape index (κ3) is 1.27. The molecule has 2 aliphatic rings. The standard InChI is InChI=1S/C22H14O2/c23-21-15-7-3-4-11-10-17-13-6-2-1-5-12(13)14-8-9-16(22(21)24)20(18(11)15)19(14)17/h1-10,21-24H/t21-,22-/m0/s1. The fourth-order valence-corrected chi connectivity index (χ4v) is 4.62. The van der Waals surface area contributed by atoms with Gasteiger partial charge in [-0.2, -0.15) is 0 Å². The molecule has 4 aromatic rings. The fraction of sp³-hybridized carbons (Fsp3) is 0.0909. The van der Waals surface area contributed by atoms with Gasteiger partial charge in [0.15, 0.2) is 0 Å². The molecule has 0 bridgehead atoms. The van der Waals surface area contributed by atoms with Crippen molar-refractivity contribution in [3.8, 4) is 22.3 Å². The van der Waals surface area contributed by atoms with E-state index >= 15 is 0 Å². The van der Waals surface area contributed by atoms with E-state index in [1.807, 2.05) is 18.2 Å². The number of rotatable bonds is 0. The molecule has 2 heteroatoms. The lowest BCUT2D eigenvalue weighted by molar-refractivity contribution is 0.0178. The summed E-state index contributed by atoms with van der Waals surface area (Å²) in [4.78, 5) is 0. The predicted octanol–water partition coefficient (Wildman–Crippen LogP) is 4.72. The second-order valence-corrected chi connectivity index (χ2v) is 6.76. The van der Waals surface area contributed by atoms with Crippen molar-refractivity contribution in [1.29, 1.82) is 0 Å². The van der Waals surface area contributed by atoms with Crippen molar-refractivity contribution in [3.05, 3.63) is 71.8 Å². The van der Waals surface area contributed by atoms with E-state index in [1.54, 1.807) is 0 Å². The molecule has 0 spiro atoms. The molecule has 0 radical (unpaired) electrons. The van der Waals surface area contributed by atoms with Gasteiger partial charge >= 0.3 is 0 Å². The molecule has 0 aliphatic heterocycles. The van der Waals surface area contributed by atoms with Crippen LogP contribution < -0.4 is 0 Å². The Balaban J connectivity index is 1.96. The van der Waals surface area contributed by atoms with E-state index in [9.17, 15) is 10.2 Å². The van der Waals surface area contributed by atoms with Crippen molar-refractivity contribution in [2.75, 3.05) is 0 Å². The quantitative estimate of drug-likeness (QED) is 0.406. The number of fused-ring (bicyclic) bond motifs is 3. The van der Waals surface area contributed by atoms with Crippen LogP contribution in [0.3, 0.4) is 0 Å². The summed E-state index contributed by atoms with van der Waals surface area (Å²) in [5.41, 5.74) is 6.60. The largest absolute Gasteiger partial charge is 0.385 e. The number of hydrogen-bond donors (Lipinski definition) is 2. The Hall–Kier alpha value is -2.68. The molecule has 0 amide bonds. The van der Waals surface area contributed by atoms with Gasteiger partial charge in [0.2, 0.25) is 0 Å². The average molecular weight is 310 g/mol. The van der Waals surface area contributed by atoms with E-state index < -0.39 is 12.2 Å². The average Bonchev–Trinajstić information content (AvgIpc) is 2.95. The molecule has 0 fully saturated rings. The van der Waals surface area contributed by atoms with E-state index in [0.717, 1.165) is 27.3 Å². The van der Waals surface area contributed by atoms with Gasteiger partial charge < -0.3 is 10.2 Å². The Morgan fingerprint density at radius 2 is 1.25 bits per heavy atom. The van der Waals surface area contributed by atoms with Gasteiger partial charge in [-0.05, 0) is 61.0 Å². The minimum absolute atomic E-state index is 0.826. The van der Waals surface area contributed by atoms with Gasteiger partial charge in [-0.3, -0.25) is 0 Å². The molecule has 2 atom stereocenters. The lowest BCUT2D eigenvalue weighted by atomic mass is 9.81. The molecule has 0 aromatic heterocycles. The maximum atomic E-state index is 10.7. The smallest absolute Gasteiger partial charge is 0.110 e. The Kier molecular flexibility index (Phi) is 2.14. The van der Waals surface area contributed by atoms with Crippen LogP contribution in [0.4, 0.5) is 0 Å². The summed E-state index contributed by atoms with van der Waals surface area (Å²) in [6, 6.07) is 20.7. The van der Waals surface area contributed by atoms with Gasteiger partial charge in [-0.25, -0.2) is 0 Å². The van der Waals surface area contributed by atoms with E-state index in [2.05, 4.69) is 42.5 Å². The first-order valence-corrected chi connectivity index (χ1v) is 8.24. The first kappa shape index (κ1) is 12.7. The minimum atomic E-state index is -0.879. The minimum Gasteiger partial charge on any atom is -0.385 e. The predicted molar refractivity (Wildman–Crippen MR) is 95.8 cm³/mol. The molecule has 0 saturated carbocycles. The topological polar surface area (TPSA) is 40.5 Å². The van der Waals surface area contributed by atoms with Crippen LogP contribution in [-0.2, 0) is 0 Å². The first-order valence-electron chi connectivity index (χ1n) is 8.24. The maximum absolute atomic E-state index is 10.7. The third-order valence-electron chi connectivity index (χ3n) is 5.63. The summed E-state index contributed by atoms with van der Waals surface area (Å²) in [5, 5.41) is 25.7. The highest BCUT2D eigenvalue weighted by Crippen LogP contribution is 2.54. The van der Waals surface area contributed by atoms with Gasteiger partial charge in [0.25, 0.3) is 0 Å². The molecule has 0 heterocycles. The van der Waals surface area contributed by atoms with Crippen molar-refractivity contribution in [2.45, 2.75) is 12.2 Å². The SMILES string of the molecule is O[C@H]1c2cccc3cc4c5c(ccc(c5c23)[C@@H]1O)-c1ccccc1-4. The van der Waals surface area contributed by atoms with Crippen LogP contribution in [0.25, 0.3) is 43.8 Å². The number of benzene rings is 4. The monoisotopic (exact) mass is 310 g/mol. The van der Waals surface area contributed by atoms with Crippen LogP contribution in [-0.4, -0.2) is 10.2 Å². The van der Waals surface area contributed by atoms with Crippen molar-refractivity contribution in [2.24, 2.45) is 0 Å². The molecule has 2 nitrogen and oxygen atoms in total. The van der Waals surface area contributed by atoms with Crippen molar-refractivity contribution < 1.29 is 10.2 Å². The molecular weight excluding hydrogens is 296 g/mol. The highest BCUT2D eigenvalue weighted by Gasteiger charge is 2.33. The Bertz CT molecular complexity index is 1190. The van der Waals surface area contributed by atoms with Crippen molar-refractivity contribution in [1.82, 2.24) is 0 Å². The van der Waals surface area contributed by atoms with Crippen LogP contribution in [0.5, 0.6) is 0 Å². The van der Waals surface area contributed by atoms with Crippen molar-refractivity contribution in [3.63, 3.8) is 0 Å². The van der Waals surface area contributed by atoms with Crippen LogP contribution in [0.1, 0.15) is 23.3 Å². The molecule has 6 rings (SSSR count). The zero-order chi connectivity index (χ0) is 16.0. The zero-order valence-electron chi connectivity index (χ0n) is 12.8. The third-order valence-corrected chi connectivity index (χ3v) is 5.63. The Labute approximate surface area is 138 Å². The van der Waals surface area contributed by atoms with E-state index in [0.29, 0.717) is 0 Å². The summed E-state index contributed by atoms with van der Waals surface area (Å²) in [5.74, 6) is 0. The first-order chi connectivity index (χ1) is 11.8. The highest BCUT2D eigenvalue weighted by molar-refractivity contribution is 6.25. The summed E-state index contributed by atoms with van der Waals surface area (Å²) in [7, 11) is 0. The summed E-state index contributed by atoms with van der Waals surface area (Å²) in [6.07, 6.45) is -1.75. The lowest BCUT2D eigenvalue weighted by Crippen LogP contribution is -2.15. The molecular formula is C22H14O2. The molecule has 114 valence electrons. The summed E-state index contributed by atoms with van der Waals surface area (Å²) >= 11 is 0.